The van der Waals surface area contributed by atoms with Crippen LogP contribution in [0, 0.1) is 0 Å². The van der Waals surface area contributed by atoms with Crippen LogP contribution in [0.25, 0.3) is 0 Å². The number of nitrogens with zero attached hydrogens (tertiary/aromatic N) is 2. The third-order valence-electron chi connectivity index (χ3n) is 2.92. The maximum absolute atomic E-state index is 12.2. The normalized spacial score (nSPS) is 10.3. The highest BCUT2D eigenvalue weighted by Crippen LogP contribution is 2.13. The average Bonchev–Trinajstić information content (AvgIpc) is 2.54. The van der Waals surface area contributed by atoms with Crippen molar-refractivity contribution in [1.82, 2.24) is 15.3 Å². The van der Waals surface area contributed by atoms with Crippen LogP contribution < -0.4 is 10.6 Å². The molecule has 0 aliphatic heterocycles. The van der Waals surface area contributed by atoms with Crippen LogP contribution >= 0.6 is 0 Å². The first kappa shape index (κ1) is 17.1. The summed E-state index contributed by atoms with van der Waals surface area (Å²) in [4.78, 5) is 42.7. The van der Waals surface area contributed by atoms with Crippen LogP contribution in [-0.2, 0) is 0 Å². The largest absolute Gasteiger partial charge is 0.476 e. The molecule has 0 spiro atoms. The number of rotatable bonds is 5. The Morgan fingerprint density at radius 2 is 1.71 bits per heavy atom. The second kappa shape index (κ2) is 7.32. The van der Waals surface area contributed by atoms with E-state index in [0.717, 1.165) is 0 Å². The number of hydrogen-bond acceptors (Lipinski definition) is 5. The van der Waals surface area contributed by atoms with Crippen molar-refractivity contribution in [2.45, 2.75) is 19.9 Å². The highest BCUT2D eigenvalue weighted by molar-refractivity contribution is 6.08. The summed E-state index contributed by atoms with van der Waals surface area (Å²) in [5.41, 5.74) is -0.0248. The fourth-order valence-electron chi connectivity index (χ4n) is 1.93. The van der Waals surface area contributed by atoms with Crippen LogP contribution in [0.3, 0.4) is 0 Å². The van der Waals surface area contributed by atoms with Gasteiger partial charge in [0.1, 0.15) is 0 Å². The molecule has 2 rings (SSSR count). The minimum Gasteiger partial charge on any atom is -0.476 e. The van der Waals surface area contributed by atoms with Crippen molar-refractivity contribution >= 4 is 23.5 Å². The topological polar surface area (TPSA) is 121 Å². The number of carbonyl (C=O) groups excluding carboxylic acids is 2. The SMILES string of the molecule is CC(C)NC(=O)c1cccc(NC(=O)c2nccnc2C(=O)O)c1. The number of carboxylic acids is 1. The van der Waals surface area contributed by atoms with E-state index in [-0.39, 0.29) is 17.6 Å². The number of anilines is 1. The van der Waals surface area contributed by atoms with Gasteiger partial charge in [0.15, 0.2) is 11.4 Å². The fourth-order valence-corrected chi connectivity index (χ4v) is 1.93. The lowest BCUT2D eigenvalue weighted by Gasteiger charge is -2.10. The molecule has 8 heteroatoms. The number of aromatic carboxylic acids is 1. The monoisotopic (exact) mass is 328 g/mol. The molecule has 0 fully saturated rings. The van der Waals surface area contributed by atoms with Gasteiger partial charge in [0, 0.05) is 29.7 Å². The zero-order valence-electron chi connectivity index (χ0n) is 13.1. The molecule has 3 N–H and O–H groups in total. The average molecular weight is 328 g/mol. The van der Waals surface area contributed by atoms with Crippen LogP contribution in [0.5, 0.6) is 0 Å². The quantitative estimate of drug-likeness (QED) is 0.766. The Labute approximate surface area is 137 Å². The van der Waals surface area contributed by atoms with Crippen molar-refractivity contribution in [3.05, 3.63) is 53.6 Å². The van der Waals surface area contributed by atoms with Crippen LogP contribution in [0.4, 0.5) is 5.69 Å². The number of hydrogen-bond donors (Lipinski definition) is 3. The van der Waals surface area contributed by atoms with E-state index in [1.165, 1.54) is 18.5 Å². The number of carbonyl (C=O) groups is 3. The Balaban J connectivity index is 2.21. The Hall–Kier alpha value is -3.29. The van der Waals surface area contributed by atoms with E-state index in [0.29, 0.717) is 11.3 Å². The van der Waals surface area contributed by atoms with Crippen molar-refractivity contribution in [3.63, 3.8) is 0 Å². The van der Waals surface area contributed by atoms with Gasteiger partial charge >= 0.3 is 5.97 Å². The molecule has 1 aromatic carbocycles. The first-order valence-electron chi connectivity index (χ1n) is 7.15. The van der Waals surface area contributed by atoms with Gasteiger partial charge in [-0.15, -0.1) is 0 Å². The highest BCUT2D eigenvalue weighted by Gasteiger charge is 2.19. The molecule has 0 unspecified atom stereocenters. The number of nitrogens with one attached hydrogen (secondary N) is 2. The van der Waals surface area contributed by atoms with E-state index in [1.54, 1.807) is 18.2 Å². The minimum absolute atomic E-state index is 0.0199. The molecule has 1 aromatic heterocycles. The molecule has 8 nitrogen and oxygen atoms in total. The molecular weight excluding hydrogens is 312 g/mol. The zero-order chi connectivity index (χ0) is 17.7. The predicted octanol–water partition coefficient (Wildman–Crippen LogP) is 1.57. The van der Waals surface area contributed by atoms with Crippen LogP contribution in [0.15, 0.2) is 36.7 Å². The van der Waals surface area contributed by atoms with Crippen molar-refractivity contribution in [2.75, 3.05) is 5.32 Å². The predicted molar refractivity (Wildman–Crippen MR) is 86.0 cm³/mol. The molecule has 2 amide bonds. The Morgan fingerprint density at radius 3 is 2.33 bits per heavy atom. The maximum Gasteiger partial charge on any atom is 0.356 e. The van der Waals surface area contributed by atoms with Gasteiger partial charge in [-0.2, -0.15) is 0 Å². The third kappa shape index (κ3) is 4.13. The molecule has 0 saturated heterocycles. The van der Waals surface area contributed by atoms with E-state index in [4.69, 9.17) is 5.11 Å². The molecule has 1 heterocycles. The fraction of sp³-hybridized carbons (Fsp3) is 0.188. The van der Waals surface area contributed by atoms with Gasteiger partial charge in [0.25, 0.3) is 11.8 Å². The van der Waals surface area contributed by atoms with E-state index < -0.39 is 17.6 Å². The Bertz CT molecular complexity index is 789. The standard InChI is InChI=1S/C16H16N4O4/c1-9(2)19-14(21)10-4-3-5-11(8-10)20-15(22)12-13(16(23)24)18-7-6-17-12/h3-9H,1-2H3,(H,19,21)(H,20,22)(H,23,24). The first-order chi connectivity index (χ1) is 11.4. The molecule has 0 saturated carbocycles. The van der Waals surface area contributed by atoms with Crippen molar-refractivity contribution in [1.29, 1.82) is 0 Å². The molecule has 0 radical (unpaired) electrons. The smallest absolute Gasteiger partial charge is 0.356 e. The molecule has 124 valence electrons. The van der Waals surface area contributed by atoms with Gasteiger partial charge < -0.3 is 15.7 Å². The second-order valence-corrected chi connectivity index (χ2v) is 5.22. The van der Waals surface area contributed by atoms with Gasteiger partial charge in [0.2, 0.25) is 0 Å². The van der Waals surface area contributed by atoms with Gasteiger partial charge in [-0.25, -0.2) is 14.8 Å². The molecule has 0 aliphatic carbocycles. The zero-order valence-corrected chi connectivity index (χ0v) is 13.1. The minimum atomic E-state index is -1.35. The summed E-state index contributed by atoms with van der Waals surface area (Å²) < 4.78 is 0. The lowest BCUT2D eigenvalue weighted by Crippen LogP contribution is -2.30. The molecular formula is C16H16N4O4. The summed E-state index contributed by atoms with van der Waals surface area (Å²) in [6.45, 7) is 3.68. The van der Waals surface area contributed by atoms with Gasteiger partial charge in [-0.3, -0.25) is 9.59 Å². The lowest BCUT2D eigenvalue weighted by atomic mass is 10.1. The molecule has 2 aromatic rings. The number of aromatic nitrogens is 2. The molecule has 0 atom stereocenters. The van der Waals surface area contributed by atoms with Crippen LogP contribution in [0.2, 0.25) is 0 Å². The second-order valence-electron chi connectivity index (χ2n) is 5.22. The van der Waals surface area contributed by atoms with Gasteiger partial charge in [-0.05, 0) is 32.0 Å². The number of benzene rings is 1. The van der Waals surface area contributed by atoms with Crippen molar-refractivity contribution in [2.24, 2.45) is 0 Å². The first-order valence-corrected chi connectivity index (χ1v) is 7.15. The Morgan fingerprint density at radius 1 is 1.04 bits per heavy atom. The highest BCUT2D eigenvalue weighted by atomic mass is 16.4. The number of amides is 2. The molecule has 24 heavy (non-hydrogen) atoms. The number of carboxylic acid groups (broad SMARTS) is 1. The third-order valence-corrected chi connectivity index (χ3v) is 2.92. The maximum atomic E-state index is 12.2. The van der Waals surface area contributed by atoms with Crippen molar-refractivity contribution in [3.8, 4) is 0 Å². The van der Waals surface area contributed by atoms with E-state index in [1.807, 2.05) is 13.8 Å². The molecule has 0 aliphatic rings. The summed E-state index contributed by atoms with van der Waals surface area (Å²) >= 11 is 0. The summed E-state index contributed by atoms with van der Waals surface area (Å²) in [5, 5.41) is 14.3. The molecule has 0 bridgehead atoms. The lowest BCUT2D eigenvalue weighted by molar-refractivity contribution is 0.0684. The van der Waals surface area contributed by atoms with Crippen LogP contribution in [-0.4, -0.2) is 38.9 Å². The van der Waals surface area contributed by atoms with Crippen molar-refractivity contribution < 1.29 is 19.5 Å². The van der Waals surface area contributed by atoms with Gasteiger partial charge in [-0.1, -0.05) is 6.07 Å². The van der Waals surface area contributed by atoms with E-state index in [9.17, 15) is 14.4 Å². The van der Waals surface area contributed by atoms with E-state index >= 15 is 0 Å². The van der Waals surface area contributed by atoms with Crippen LogP contribution in [0.1, 0.15) is 45.2 Å². The van der Waals surface area contributed by atoms with E-state index in [2.05, 4.69) is 20.6 Å². The summed E-state index contributed by atoms with van der Waals surface area (Å²) in [6, 6.07) is 6.28. The summed E-state index contributed by atoms with van der Waals surface area (Å²) in [7, 11) is 0. The summed E-state index contributed by atoms with van der Waals surface area (Å²) in [6.07, 6.45) is 2.42. The Kier molecular flexibility index (Phi) is 5.20. The summed E-state index contributed by atoms with van der Waals surface area (Å²) in [5.74, 6) is -2.34. The van der Waals surface area contributed by atoms with Gasteiger partial charge in [0.05, 0.1) is 0 Å².